The summed E-state index contributed by atoms with van der Waals surface area (Å²) in [7, 11) is 0. The minimum Gasteiger partial charge on any atom is -0.395 e. The summed E-state index contributed by atoms with van der Waals surface area (Å²) in [4.78, 5) is 6.66. The first-order valence-electron chi connectivity index (χ1n) is 5.65. The minimum atomic E-state index is 0.140. The minimum absolute atomic E-state index is 0.140. The van der Waals surface area contributed by atoms with Gasteiger partial charge in [0.15, 0.2) is 0 Å². The van der Waals surface area contributed by atoms with E-state index in [-0.39, 0.29) is 6.61 Å². The summed E-state index contributed by atoms with van der Waals surface area (Å²) in [5, 5.41) is 9.03. The standard InChI is InChI=1S/C12H19N3OS/c1-9(2)15(6-7-16)8-10-4-3-5-14-11(10)12(13)17/h3-5,9,16H,6-8H2,1-2H3,(H2,13,17). The van der Waals surface area contributed by atoms with Crippen LogP contribution in [0, 0.1) is 0 Å². The molecule has 0 saturated heterocycles. The van der Waals surface area contributed by atoms with Crippen LogP contribution in [0.1, 0.15) is 25.1 Å². The first-order valence-corrected chi connectivity index (χ1v) is 6.05. The predicted octanol–water partition coefficient (Wildman–Crippen LogP) is 0.919. The Labute approximate surface area is 107 Å². The van der Waals surface area contributed by atoms with Gasteiger partial charge in [-0.1, -0.05) is 18.3 Å². The van der Waals surface area contributed by atoms with Gasteiger partial charge in [-0.2, -0.15) is 0 Å². The molecule has 1 aromatic heterocycles. The molecule has 17 heavy (non-hydrogen) atoms. The van der Waals surface area contributed by atoms with E-state index in [9.17, 15) is 0 Å². The van der Waals surface area contributed by atoms with E-state index in [1.165, 1.54) is 0 Å². The van der Waals surface area contributed by atoms with Crippen LogP contribution in [0.25, 0.3) is 0 Å². The molecule has 1 heterocycles. The number of thiocarbonyl (C=S) groups is 1. The molecule has 3 N–H and O–H groups in total. The Hall–Kier alpha value is -1.04. The fraction of sp³-hybridized carbons (Fsp3) is 0.500. The molecule has 0 saturated carbocycles. The Bertz CT molecular complexity index is 382. The van der Waals surface area contributed by atoms with Gasteiger partial charge in [0.05, 0.1) is 6.61 Å². The van der Waals surface area contributed by atoms with Crippen LogP contribution in [0.3, 0.4) is 0 Å². The third-order valence-electron chi connectivity index (χ3n) is 2.62. The summed E-state index contributed by atoms with van der Waals surface area (Å²) in [6, 6.07) is 4.18. The summed E-state index contributed by atoms with van der Waals surface area (Å²) in [5.41, 5.74) is 7.32. The smallest absolute Gasteiger partial charge is 0.123 e. The zero-order chi connectivity index (χ0) is 12.8. The maximum atomic E-state index is 9.03. The molecule has 0 fully saturated rings. The van der Waals surface area contributed by atoms with Crippen molar-refractivity contribution < 1.29 is 5.11 Å². The van der Waals surface area contributed by atoms with E-state index < -0.39 is 0 Å². The molecule has 0 atom stereocenters. The van der Waals surface area contributed by atoms with E-state index in [1.54, 1.807) is 6.20 Å². The second-order valence-electron chi connectivity index (χ2n) is 4.16. The van der Waals surface area contributed by atoms with Crippen molar-refractivity contribution in [2.45, 2.75) is 26.4 Å². The molecule has 0 spiro atoms. The average Bonchev–Trinajstić information content (AvgIpc) is 2.28. The Morgan fingerprint density at radius 2 is 2.29 bits per heavy atom. The van der Waals surface area contributed by atoms with Crippen molar-refractivity contribution in [2.24, 2.45) is 5.73 Å². The van der Waals surface area contributed by atoms with E-state index in [0.717, 1.165) is 5.56 Å². The number of pyridine rings is 1. The highest BCUT2D eigenvalue weighted by Gasteiger charge is 2.13. The van der Waals surface area contributed by atoms with Gasteiger partial charge < -0.3 is 10.8 Å². The Kier molecular flexibility index (Phi) is 5.47. The van der Waals surface area contributed by atoms with Gasteiger partial charge in [0.2, 0.25) is 0 Å². The molecule has 5 heteroatoms. The van der Waals surface area contributed by atoms with E-state index in [0.29, 0.717) is 29.8 Å². The van der Waals surface area contributed by atoms with Gasteiger partial charge in [-0.05, 0) is 25.5 Å². The lowest BCUT2D eigenvalue weighted by molar-refractivity contribution is 0.159. The molecule has 0 aliphatic carbocycles. The second kappa shape index (κ2) is 6.64. The summed E-state index contributed by atoms with van der Waals surface area (Å²) in [6.07, 6.45) is 1.68. The molecule has 0 bridgehead atoms. The zero-order valence-electron chi connectivity index (χ0n) is 10.3. The molecule has 0 aliphatic heterocycles. The van der Waals surface area contributed by atoms with Crippen molar-refractivity contribution in [3.05, 3.63) is 29.6 Å². The lowest BCUT2D eigenvalue weighted by Gasteiger charge is -2.26. The number of aliphatic hydroxyl groups is 1. The molecule has 0 amide bonds. The van der Waals surface area contributed by atoms with Gasteiger partial charge in [-0.15, -0.1) is 0 Å². The monoisotopic (exact) mass is 253 g/mol. The van der Waals surface area contributed by atoms with Crippen LogP contribution < -0.4 is 5.73 Å². The normalized spacial score (nSPS) is 11.1. The van der Waals surface area contributed by atoms with Crippen molar-refractivity contribution in [3.63, 3.8) is 0 Å². The van der Waals surface area contributed by atoms with Crippen LogP contribution in [-0.4, -0.2) is 39.2 Å². The fourth-order valence-electron chi connectivity index (χ4n) is 1.66. The topological polar surface area (TPSA) is 62.4 Å². The fourth-order valence-corrected chi connectivity index (χ4v) is 1.84. The number of aromatic nitrogens is 1. The third kappa shape index (κ3) is 4.03. The van der Waals surface area contributed by atoms with Crippen molar-refractivity contribution in [1.29, 1.82) is 0 Å². The third-order valence-corrected chi connectivity index (χ3v) is 2.81. The van der Waals surface area contributed by atoms with E-state index in [2.05, 4.69) is 23.7 Å². The van der Waals surface area contributed by atoms with Gasteiger partial charge in [-0.3, -0.25) is 9.88 Å². The van der Waals surface area contributed by atoms with E-state index >= 15 is 0 Å². The lowest BCUT2D eigenvalue weighted by atomic mass is 10.1. The van der Waals surface area contributed by atoms with Crippen LogP contribution in [-0.2, 0) is 6.54 Å². The molecule has 94 valence electrons. The Morgan fingerprint density at radius 3 is 2.82 bits per heavy atom. The Balaban J connectivity index is 2.88. The molecule has 0 radical (unpaired) electrons. The maximum absolute atomic E-state index is 9.03. The number of rotatable bonds is 6. The van der Waals surface area contributed by atoms with Crippen molar-refractivity contribution >= 4 is 17.2 Å². The van der Waals surface area contributed by atoms with Crippen molar-refractivity contribution in [1.82, 2.24) is 9.88 Å². The van der Waals surface area contributed by atoms with Gasteiger partial charge in [0.1, 0.15) is 10.7 Å². The Morgan fingerprint density at radius 1 is 1.59 bits per heavy atom. The highest BCUT2D eigenvalue weighted by Crippen LogP contribution is 2.11. The van der Waals surface area contributed by atoms with Gasteiger partial charge in [-0.25, -0.2) is 0 Å². The summed E-state index contributed by atoms with van der Waals surface area (Å²) >= 11 is 4.98. The highest BCUT2D eigenvalue weighted by atomic mass is 32.1. The summed E-state index contributed by atoms with van der Waals surface area (Å²) < 4.78 is 0. The van der Waals surface area contributed by atoms with Crippen LogP contribution in [0.2, 0.25) is 0 Å². The lowest BCUT2D eigenvalue weighted by Crippen LogP contribution is -2.33. The maximum Gasteiger partial charge on any atom is 0.123 e. The van der Waals surface area contributed by atoms with Crippen LogP contribution in [0.5, 0.6) is 0 Å². The van der Waals surface area contributed by atoms with E-state index in [1.807, 2.05) is 12.1 Å². The van der Waals surface area contributed by atoms with Gasteiger partial charge in [0.25, 0.3) is 0 Å². The number of hydrogen-bond donors (Lipinski definition) is 2. The van der Waals surface area contributed by atoms with Crippen molar-refractivity contribution in [3.8, 4) is 0 Å². The number of nitrogens with zero attached hydrogens (tertiary/aromatic N) is 2. The second-order valence-corrected chi connectivity index (χ2v) is 4.60. The van der Waals surface area contributed by atoms with Crippen LogP contribution in [0.4, 0.5) is 0 Å². The SMILES string of the molecule is CC(C)N(CCO)Cc1cccnc1C(N)=S. The van der Waals surface area contributed by atoms with Crippen LogP contribution in [0.15, 0.2) is 18.3 Å². The quantitative estimate of drug-likeness (QED) is 0.738. The molecular formula is C12H19N3OS. The number of hydrogen-bond acceptors (Lipinski definition) is 4. The molecule has 0 aromatic carbocycles. The molecular weight excluding hydrogens is 234 g/mol. The zero-order valence-corrected chi connectivity index (χ0v) is 11.1. The molecule has 1 rings (SSSR count). The largest absolute Gasteiger partial charge is 0.395 e. The first-order chi connectivity index (χ1) is 8.06. The summed E-state index contributed by atoms with van der Waals surface area (Å²) in [6.45, 7) is 5.64. The van der Waals surface area contributed by atoms with Gasteiger partial charge >= 0.3 is 0 Å². The van der Waals surface area contributed by atoms with Gasteiger partial charge in [0, 0.05) is 25.3 Å². The molecule has 1 aromatic rings. The average molecular weight is 253 g/mol. The molecule has 0 unspecified atom stereocenters. The van der Waals surface area contributed by atoms with E-state index in [4.69, 9.17) is 23.1 Å². The number of aliphatic hydroxyl groups excluding tert-OH is 1. The molecule has 0 aliphatic rings. The summed E-state index contributed by atoms with van der Waals surface area (Å²) in [5.74, 6) is 0. The predicted molar refractivity (Wildman–Crippen MR) is 72.8 cm³/mol. The van der Waals surface area contributed by atoms with Crippen molar-refractivity contribution in [2.75, 3.05) is 13.2 Å². The van der Waals surface area contributed by atoms with Crippen LogP contribution >= 0.6 is 12.2 Å². The number of nitrogens with two attached hydrogens (primary N) is 1. The first kappa shape index (κ1) is 14.0. The molecule has 4 nitrogen and oxygen atoms in total. The highest BCUT2D eigenvalue weighted by molar-refractivity contribution is 7.80.